The lowest BCUT2D eigenvalue weighted by atomic mass is 9.81. The molecule has 1 fully saturated rings. The molecule has 0 radical (unpaired) electrons. The van der Waals surface area contributed by atoms with Crippen LogP contribution in [0.3, 0.4) is 0 Å². The van der Waals surface area contributed by atoms with Crippen LogP contribution < -0.4 is 11.1 Å². The summed E-state index contributed by atoms with van der Waals surface area (Å²) in [6, 6.07) is 4.11. The van der Waals surface area contributed by atoms with Gasteiger partial charge in [0.05, 0.1) is 0 Å². The second-order valence-corrected chi connectivity index (χ2v) is 5.39. The minimum Gasteiger partial charge on any atom is -0.385 e. The minimum atomic E-state index is -0.00989. The van der Waals surface area contributed by atoms with E-state index in [-0.39, 0.29) is 5.91 Å². The predicted molar refractivity (Wildman–Crippen MR) is 80.7 cm³/mol. The van der Waals surface area contributed by atoms with E-state index in [0.29, 0.717) is 30.7 Å². The van der Waals surface area contributed by atoms with Crippen LogP contribution in [0, 0.1) is 5.92 Å². The summed E-state index contributed by atoms with van der Waals surface area (Å²) in [6.45, 7) is 6.27. The normalized spacial score (nSPS) is 21.1. The van der Waals surface area contributed by atoms with E-state index in [4.69, 9.17) is 5.73 Å². The van der Waals surface area contributed by atoms with Crippen molar-refractivity contribution < 1.29 is 4.79 Å². The van der Waals surface area contributed by atoms with Gasteiger partial charge < -0.3 is 16.0 Å². The number of carbonyl (C=O) groups excluding carboxylic acids is 1. The standard InChI is InChI=1S/C15H24N4O/c1-3-19(4-2)15(20)14-9-13(5-6-17-14)18-10-11-7-12(16)8-11/h5-6,9,11-12H,3-4,7-8,10,16H2,1-2H3,(H,17,18). The van der Waals surface area contributed by atoms with Gasteiger partial charge in [-0.25, -0.2) is 0 Å². The third-order valence-corrected chi connectivity index (χ3v) is 3.90. The molecule has 0 bridgehead atoms. The van der Waals surface area contributed by atoms with Crippen LogP contribution in [0.2, 0.25) is 0 Å². The molecule has 0 atom stereocenters. The molecule has 1 saturated carbocycles. The number of pyridine rings is 1. The van der Waals surface area contributed by atoms with Crippen molar-refractivity contribution in [1.29, 1.82) is 0 Å². The van der Waals surface area contributed by atoms with Crippen LogP contribution in [-0.2, 0) is 0 Å². The summed E-state index contributed by atoms with van der Waals surface area (Å²) in [5, 5.41) is 3.37. The molecule has 1 amide bonds. The highest BCUT2D eigenvalue weighted by atomic mass is 16.2. The molecule has 5 heteroatoms. The lowest BCUT2D eigenvalue weighted by molar-refractivity contribution is 0.0767. The highest BCUT2D eigenvalue weighted by molar-refractivity contribution is 5.93. The third kappa shape index (κ3) is 3.48. The predicted octanol–water partition coefficient (Wildman–Crippen LogP) is 1.71. The number of nitrogens with two attached hydrogens (primary N) is 1. The van der Waals surface area contributed by atoms with Gasteiger partial charge >= 0.3 is 0 Å². The zero-order chi connectivity index (χ0) is 14.5. The maximum atomic E-state index is 12.2. The number of rotatable bonds is 6. The Morgan fingerprint density at radius 1 is 1.45 bits per heavy atom. The summed E-state index contributed by atoms with van der Waals surface area (Å²) in [7, 11) is 0. The second kappa shape index (κ2) is 6.70. The first-order valence-electron chi connectivity index (χ1n) is 7.38. The van der Waals surface area contributed by atoms with Gasteiger partial charge in [0, 0.05) is 37.6 Å². The zero-order valence-corrected chi connectivity index (χ0v) is 12.3. The topological polar surface area (TPSA) is 71.2 Å². The van der Waals surface area contributed by atoms with Crippen LogP contribution in [0.5, 0.6) is 0 Å². The first-order valence-corrected chi connectivity index (χ1v) is 7.38. The molecule has 0 spiro atoms. The highest BCUT2D eigenvalue weighted by Crippen LogP contribution is 2.25. The Balaban J connectivity index is 1.95. The van der Waals surface area contributed by atoms with E-state index in [0.717, 1.165) is 25.1 Å². The molecule has 0 saturated heterocycles. The molecule has 1 aromatic rings. The van der Waals surface area contributed by atoms with Crippen LogP contribution >= 0.6 is 0 Å². The van der Waals surface area contributed by atoms with Gasteiger partial charge in [-0.1, -0.05) is 0 Å². The van der Waals surface area contributed by atoms with E-state index in [9.17, 15) is 4.79 Å². The van der Waals surface area contributed by atoms with Crippen LogP contribution in [0.15, 0.2) is 18.3 Å². The summed E-state index contributed by atoms with van der Waals surface area (Å²) in [5.74, 6) is 0.643. The average Bonchev–Trinajstić information content (AvgIpc) is 2.44. The Labute approximate surface area is 120 Å². The van der Waals surface area contributed by atoms with Crippen LogP contribution in [-0.4, -0.2) is 41.5 Å². The van der Waals surface area contributed by atoms with Gasteiger partial charge in [-0.2, -0.15) is 0 Å². The number of amides is 1. The van der Waals surface area contributed by atoms with Crippen LogP contribution in [0.4, 0.5) is 5.69 Å². The molecule has 0 aromatic carbocycles. The monoisotopic (exact) mass is 276 g/mol. The lowest BCUT2D eigenvalue weighted by Gasteiger charge is -2.32. The molecule has 0 unspecified atom stereocenters. The summed E-state index contributed by atoms with van der Waals surface area (Å²) >= 11 is 0. The maximum absolute atomic E-state index is 12.2. The smallest absolute Gasteiger partial charge is 0.272 e. The number of nitrogens with one attached hydrogen (secondary N) is 1. The summed E-state index contributed by atoms with van der Waals surface area (Å²) in [5.41, 5.74) is 7.24. The first kappa shape index (κ1) is 14.8. The van der Waals surface area contributed by atoms with Gasteiger partial charge in [0.15, 0.2) is 0 Å². The van der Waals surface area contributed by atoms with E-state index >= 15 is 0 Å². The quantitative estimate of drug-likeness (QED) is 0.830. The Hall–Kier alpha value is -1.62. The Morgan fingerprint density at radius 2 is 2.15 bits per heavy atom. The molecule has 1 heterocycles. The molecule has 110 valence electrons. The summed E-state index contributed by atoms with van der Waals surface area (Å²) < 4.78 is 0. The molecule has 5 nitrogen and oxygen atoms in total. The fourth-order valence-corrected chi connectivity index (χ4v) is 2.55. The lowest BCUT2D eigenvalue weighted by Crippen LogP contribution is -2.39. The fourth-order valence-electron chi connectivity index (χ4n) is 2.55. The van der Waals surface area contributed by atoms with Gasteiger partial charge in [-0.15, -0.1) is 0 Å². The summed E-state index contributed by atoms with van der Waals surface area (Å²) in [4.78, 5) is 18.2. The third-order valence-electron chi connectivity index (χ3n) is 3.90. The van der Waals surface area contributed by atoms with Crippen molar-refractivity contribution in [3.05, 3.63) is 24.0 Å². The van der Waals surface area contributed by atoms with Crippen LogP contribution in [0.25, 0.3) is 0 Å². The molecule has 1 aromatic heterocycles. The average molecular weight is 276 g/mol. The van der Waals surface area contributed by atoms with E-state index < -0.39 is 0 Å². The van der Waals surface area contributed by atoms with Crippen molar-refractivity contribution in [2.75, 3.05) is 25.0 Å². The molecular formula is C15H24N4O. The van der Waals surface area contributed by atoms with Gasteiger partial charge in [-0.3, -0.25) is 9.78 Å². The van der Waals surface area contributed by atoms with E-state index in [1.807, 2.05) is 26.0 Å². The van der Waals surface area contributed by atoms with Gasteiger partial charge in [0.2, 0.25) is 0 Å². The molecule has 20 heavy (non-hydrogen) atoms. The van der Waals surface area contributed by atoms with Crippen molar-refractivity contribution in [2.24, 2.45) is 11.7 Å². The maximum Gasteiger partial charge on any atom is 0.272 e. The van der Waals surface area contributed by atoms with Gasteiger partial charge in [-0.05, 0) is 44.7 Å². The van der Waals surface area contributed by atoms with E-state index in [1.54, 1.807) is 11.1 Å². The molecular weight excluding hydrogens is 252 g/mol. The highest BCUT2D eigenvalue weighted by Gasteiger charge is 2.25. The molecule has 3 N–H and O–H groups in total. The van der Waals surface area contributed by atoms with Crippen molar-refractivity contribution in [2.45, 2.75) is 32.7 Å². The Kier molecular flexibility index (Phi) is 4.95. The number of hydrogen-bond acceptors (Lipinski definition) is 4. The molecule has 1 aliphatic carbocycles. The fraction of sp³-hybridized carbons (Fsp3) is 0.600. The molecule has 0 aliphatic heterocycles. The number of aromatic nitrogens is 1. The van der Waals surface area contributed by atoms with E-state index in [1.165, 1.54) is 0 Å². The van der Waals surface area contributed by atoms with Crippen molar-refractivity contribution >= 4 is 11.6 Å². The molecule has 1 aliphatic rings. The Bertz CT molecular complexity index is 453. The van der Waals surface area contributed by atoms with Gasteiger partial charge in [0.1, 0.15) is 5.69 Å². The van der Waals surface area contributed by atoms with Crippen molar-refractivity contribution in [3.8, 4) is 0 Å². The number of nitrogens with zero attached hydrogens (tertiary/aromatic N) is 2. The van der Waals surface area contributed by atoms with Gasteiger partial charge in [0.25, 0.3) is 5.91 Å². The number of carbonyl (C=O) groups is 1. The Morgan fingerprint density at radius 3 is 2.75 bits per heavy atom. The second-order valence-electron chi connectivity index (χ2n) is 5.39. The minimum absolute atomic E-state index is 0.00989. The SMILES string of the molecule is CCN(CC)C(=O)c1cc(NCC2CC(N)C2)ccn1. The molecule has 2 rings (SSSR count). The zero-order valence-electron chi connectivity index (χ0n) is 12.3. The number of anilines is 1. The van der Waals surface area contributed by atoms with Crippen LogP contribution in [0.1, 0.15) is 37.2 Å². The van der Waals surface area contributed by atoms with Crippen molar-refractivity contribution in [3.63, 3.8) is 0 Å². The first-order chi connectivity index (χ1) is 9.63. The summed E-state index contributed by atoms with van der Waals surface area (Å²) in [6.07, 6.45) is 3.86. The van der Waals surface area contributed by atoms with Crippen molar-refractivity contribution in [1.82, 2.24) is 9.88 Å². The number of hydrogen-bond donors (Lipinski definition) is 2. The van der Waals surface area contributed by atoms with E-state index in [2.05, 4.69) is 10.3 Å². The largest absolute Gasteiger partial charge is 0.385 e.